The van der Waals surface area contributed by atoms with Crippen LogP contribution in [0.4, 0.5) is 4.39 Å². The number of carbonyl (C=O) groups is 1. The summed E-state index contributed by atoms with van der Waals surface area (Å²) in [4.78, 5) is 14.5. The van der Waals surface area contributed by atoms with Gasteiger partial charge in [0.2, 0.25) is 5.91 Å². The first-order valence-corrected chi connectivity index (χ1v) is 8.29. The summed E-state index contributed by atoms with van der Waals surface area (Å²) in [5.74, 6) is -0.237. The number of carbonyl (C=O) groups excluding carboxylic acids is 1. The maximum absolute atomic E-state index is 13.1. The highest BCUT2D eigenvalue weighted by Gasteiger charge is 2.30. The Morgan fingerprint density at radius 1 is 1.17 bits per heavy atom. The Bertz CT molecular complexity index is 717. The van der Waals surface area contributed by atoms with E-state index < -0.39 is 0 Å². The van der Waals surface area contributed by atoms with E-state index in [2.05, 4.69) is 0 Å². The first kappa shape index (κ1) is 16.3. The Balaban J connectivity index is 1.76. The van der Waals surface area contributed by atoms with E-state index in [1.54, 1.807) is 30.3 Å². The van der Waals surface area contributed by atoms with Crippen LogP contribution in [0.1, 0.15) is 30.0 Å². The van der Waals surface area contributed by atoms with Crippen LogP contribution in [0.15, 0.2) is 42.5 Å². The van der Waals surface area contributed by atoms with E-state index in [1.165, 1.54) is 12.1 Å². The smallest absolute Gasteiger partial charge is 0.227 e. The summed E-state index contributed by atoms with van der Waals surface area (Å²) >= 11 is 12.0. The predicted molar refractivity (Wildman–Crippen MR) is 90.3 cm³/mol. The number of hydrogen-bond donors (Lipinski definition) is 0. The van der Waals surface area contributed by atoms with Crippen LogP contribution in [0.25, 0.3) is 0 Å². The highest BCUT2D eigenvalue weighted by atomic mass is 35.5. The van der Waals surface area contributed by atoms with Crippen molar-refractivity contribution in [2.75, 3.05) is 6.54 Å². The topological polar surface area (TPSA) is 20.3 Å². The van der Waals surface area contributed by atoms with Crippen molar-refractivity contribution in [3.8, 4) is 0 Å². The summed E-state index contributed by atoms with van der Waals surface area (Å²) in [6.45, 7) is 0.714. The van der Waals surface area contributed by atoms with Crippen LogP contribution in [-0.2, 0) is 11.2 Å². The van der Waals surface area contributed by atoms with Crippen LogP contribution in [0.5, 0.6) is 0 Å². The van der Waals surface area contributed by atoms with Gasteiger partial charge in [-0.2, -0.15) is 0 Å². The van der Waals surface area contributed by atoms with Gasteiger partial charge >= 0.3 is 0 Å². The SMILES string of the molecule is O=C(Cc1ccc(Cl)cc1Cl)N1CCCC1c1ccc(F)cc1. The zero-order chi connectivity index (χ0) is 16.4. The fourth-order valence-electron chi connectivity index (χ4n) is 3.03. The molecule has 5 heteroatoms. The molecule has 3 rings (SSSR count). The van der Waals surface area contributed by atoms with Crippen molar-refractivity contribution < 1.29 is 9.18 Å². The number of rotatable bonds is 3. The molecule has 1 unspecified atom stereocenters. The van der Waals surface area contributed by atoms with Crippen molar-refractivity contribution in [1.29, 1.82) is 0 Å². The second-order valence-corrected chi connectivity index (χ2v) is 6.55. The Kier molecular flexibility index (Phi) is 4.88. The van der Waals surface area contributed by atoms with Crippen molar-refractivity contribution in [3.05, 3.63) is 69.5 Å². The molecule has 0 spiro atoms. The molecule has 0 saturated carbocycles. The van der Waals surface area contributed by atoms with Crippen LogP contribution in [0.2, 0.25) is 10.0 Å². The standard InChI is InChI=1S/C18H16Cl2FNO/c19-14-6-3-13(16(20)11-14)10-18(23)22-9-1-2-17(22)12-4-7-15(21)8-5-12/h3-8,11,17H,1-2,9-10H2. The number of nitrogens with zero attached hydrogens (tertiary/aromatic N) is 1. The average Bonchev–Trinajstić information content (AvgIpc) is 3.00. The second-order valence-electron chi connectivity index (χ2n) is 5.71. The lowest BCUT2D eigenvalue weighted by atomic mass is 10.0. The lowest BCUT2D eigenvalue weighted by Crippen LogP contribution is -2.31. The van der Waals surface area contributed by atoms with Crippen molar-refractivity contribution >= 4 is 29.1 Å². The van der Waals surface area contributed by atoms with Gasteiger partial charge in [-0.15, -0.1) is 0 Å². The van der Waals surface area contributed by atoms with Gasteiger partial charge in [0.1, 0.15) is 5.82 Å². The van der Waals surface area contributed by atoms with Crippen molar-refractivity contribution in [1.82, 2.24) is 4.90 Å². The van der Waals surface area contributed by atoms with Crippen LogP contribution < -0.4 is 0 Å². The molecular formula is C18H16Cl2FNO. The molecule has 1 fully saturated rings. The Morgan fingerprint density at radius 3 is 2.61 bits per heavy atom. The normalized spacial score (nSPS) is 17.5. The molecule has 120 valence electrons. The van der Waals surface area contributed by atoms with Crippen LogP contribution in [-0.4, -0.2) is 17.4 Å². The molecule has 0 aromatic heterocycles. The largest absolute Gasteiger partial charge is 0.335 e. The van der Waals surface area contributed by atoms with E-state index in [-0.39, 0.29) is 24.2 Å². The van der Waals surface area contributed by atoms with Crippen molar-refractivity contribution in [2.24, 2.45) is 0 Å². The summed E-state index contributed by atoms with van der Waals surface area (Å²) in [5, 5.41) is 1.06. The van der Waals surface area contributed by atoms with Crippen molar-refractivity contribution in [3.63, 3.8) is 0 Å². The van der Waals surface area contributed by atoms with Crippen LogP contribution in [0.3, 0.4) is 0 Å². The third-order valence-electron chi connectivity index (χ3n) is 4.18. The molecule has 0 aliphatic carbocycles. The van der Waals surface area contributed by atoms with Gasteiger partial charge in [0.25, 0.3) is 0 Å². The molecule has 1 heterocycles. The molecule has 2 aromatic rings. The number of hydrogen-bond acceptors (Lipinski definition) is 1. The zero-order valence-electron chi connectivity index (χ0n) is 12.4. The molecule has 1 amide bonds. The quantitative estimate of drug-likeness (QED) is 0.758. The Hall–Kier alpha value is -1.58. The molecule has 23 heavy (non-hydrogen) atoms. The van der Waals surface area contributed by atoms with E-state index in [9.17, 15) is 9.18 Å². The lowest BCUT2D eigenvalue weighted by Gasteiger charge is -2.25. The first-order valence-electron chi connectivity index (χ1n) is 7.53. The summed E-state index contributed by atoms with van der Waals surface area (Å²) in [6.07, 6.45) is 2.08. The Labute approximate surface area is 144 Å². The highest BCUT2D eigenvalue weighted by Crippen LogP contribution is 2.33. The average molecular weight is 352 g/mol. The fourth-order valence-corrected chi connectivity index (χ4v) is 3.50. The van der Waals surface area contributed by atoms with Gasteiger partial charge in [0.05, 0.1) is 12.5 Å². The summed E-state index contributed by atoms with van der Waals surface area (Å²) in [5.41, 5.74) is 1.74. The summed E-state index contributed by atoms with van der Waals surface area (Å²) in [6, 6.07) is 11.5. The third-order valence-corrected chi connectivity index (χ3v) is 4.77. The van der Waals surface area contributed by atoms with E-state index >= 15 is 0 Å². The van der Waals surface area contributed by atoms with Gasteiger partial charge in [0.15, 0.2) is 0 Å². The van der Waals surface area contributed by atoms with Gasteiger partial charge < -0.3 is 4.90 Å². The van der Waals surface area contributed by atoms with Crippen LogP contribution >= 0.6 is 23.2 Å². The highest BCUT2D eigenvalue weighted by molar-refractivity contribution is 6.35. The number of benzene rings is 2. The summed E-state index contributed by atoms with van der Waals surface area (Å²) in [7, 11) is 0. The molecule has 1 saturated heterocycles. The maximum Gasteiger partial charge on any atom is 0.227 e. The minimum atomic E-state index is -0.266. The molecule has 0 bridgehead atoms. The number of likely N-dealkylation sites (tertiary alicyclic amines) is 1. The van der Waals surface area contributed by atoms with Gasteiger partial charge in [-0.1, -0.05) is 41.4 Å². The molecule has 1 atom stereocenters. The van der Waals surface area contributed by atoms with E-state index in [0.717, 1.165) is 24.0 Å². The molecule has 2 nitrogen and oxygen atoms in total. The van der Waals surface area contributed by atoms with E-state index in [4.69, 9.17) is 23.2 Å². The zero-order valence-corrected chi connectivity index (χ0v) is 13.9. The maximum atomic E-state index is 13.1. The van der Waals surface area contributed by atoms with Gasteiger partial charge in [0, 0.05) is 16.6 Å². The number of halogens is 3. The second kappa shape index (κ2) is 6.90. The molecular weight excluding hydrogens is 336 g/mol. The first-order chi connectivity index (χ1) is 11.0. The predicted octanol–water partition coefficient (Wildman–Crippen LogP) is 5.04. The Morgan fingerprint density at radius 2 is 1.91 bits per heavy atom. The number of amides is 1. The lowest BCUT2D eigenvalue weighted by molar-refractivity contribution is -0.131. The van der Waals surface area contributed by atoms with E-state index in [1.807, 2.05) is 4.90 Å². The minimum Gasteiger partial charge on any atom is -0.335 e. The fraction of sp³-hybridized carbons (Fsp3) is 0.278. The van der Waals surface area contributed by atoms with Gasteiger partial charge in [-0.25, -0.2) is 4.39 Å². The third kappa shape index (κ3) is 3.67. The molecule has 2 aromatic carbocycles. The molecule has 1 aliphatic rings. The molecule has 0 radical (unpaired) electrons. The van der Waals surface area contributed by atoms with Gasteiger partial charge in [-0.3, -0.25) is 4.79 Å². The monoisotopic (exact) mass is 351 g/mol. The van der Waals surface area contributed by atoms with E-state index in [0.29, 0.717) is 16.6 Å². The minimum absolute atomic E-state index is 0.00850. The molecule has 0 N–H and O–H groups in total. The molecule has 1 aliphatic heterocycles. The van der Waals surface area contributed by atoms with Crippen LogP contribution in [0, 0.1) is 5.82 Å². The van der Waals surface area contributed by atoms with Gasteiger partial charge in [-0.05, 0) is 48.2 Å². The summed E-state index contributed by atoms with van der Waals surface area (Å²) < 4.78 is 13.1. The van der Waals surface area contributed by atoms with Crippen molar-refractivity contribution in [2.45, 2.75) is 25.3 Å².